The van der Waals surface area contributed by atoms with Crippen molar-refractivity contribution in [2.24, 2.45) is 5.92 Å². The van der Waals surface area contributed by atoms with E-state index in [1.165, 1.54) is 0 Å². The molecular formula is C30H41F5N6O4Si. The maximum atomic E-state index is 14.7. The lowest BCUT2D eigenvalue weighted by Gasteiger charge is -2.34. The van der Waals surface area contributed by atoms with Crippen molar-refractivity contribution in [3.63, 3.8) is 0 Å². The Labute approximate surface area is 264 Å². The number of hydrogen-bond donors (Lipinski definition) is 2. The predicted molar refractivity (Wildman–Crippen MR) is 162 cm³/mol. The van der Waals surface area contributed by atoms with Crippen LogP contribution in [0.4, 0.5) is 22.0 Å². The number of aryl methyl sites for hydroxylation is 1. The van der Waals surface area contributed by atoms with E-state index in [0.717, 1.165) is 6.04 Å². The monoisotopic (exact) mass is 672 g/mol. The molecule has 254 valence electrons. The SMILES string of the molecule is Cc1nonc1C(=O)N[C@H](c1nc2cc([C@@H](C)NC(=O)CCC(F)(F)F)ccc2n1COCC[Si](C)(C)C)[C@@H]1CCCC(F)(F)C1. The zero-order valence-corrected chi connectivity index (χ0v) is 27.6. The molecule has 4 rings (SSSR count). The molecule has 1 fully saturated rings. The van der Waals surface area contributed by atoms with Gasteiger partial charge in [0, 0.05) is 33.9 Å². The molecule has 2 heterocycles. The van der Waals surface area contributed by atoms with E-state index < -0.39 is 69.3 Å². The number of fused-ring (bicyclic) bond motifs is 1. The Bertz CT molecular complexity index is 1520. The van der Waals surface area contributed by atoms with E-state index >= 15 is 0 Å². The topological polar surface area (TPSA) is 124 Å². The fraction of sp³-hybridized carbons (Fsp3) is 0.633. The Morgan fingerprint density at radius 1 is 1.20 bits per heavy atom. The van der Waals surface area contributed by atoms with Gasteiger partial charge in [0.15, 0.2) is 5.69 Å². The molecule has 0 aliphatic heterocycles. The minimum atomic E-state index is -4.45. The standard InChI is InChI=1S/C30H41F5N6O4Si/c1-18(36-24(42)10-12-30(33,34)35)20-8-9-23-22(15-20)37-27(41(23)17-44-13-14-46(3,4)5)26(21-7-6-11-29(31,32)16-21)38-28(43)25-19(2)39-45-40-25/h8-9,15,18,21,26H,6-7,10-14,16-17H2,1-5H3,(H,36,42)(H,38,43)/t18-,21-,26+/m1/s1. The fourth-order valence-corrected chi connectivity index (χ4v) is 6.29. The van der Waals surface area contributed by atoms with Crippen molar-refractivity contribution in [1.29, 1.82) is 0 Å². The number of hydrogen-bond acceptors (Lipinski definition) is 7. The number of nitrogens with zero attached hydrogens (tertiary/aromatic N) is 4. The number of carbonyl (C=O) groups is 2. The van der Waals surface area contributed by atoms with E-state index in [2.05, 4.69) is 45.2 Å². The van der Waals surface area contributed by atoms with Crippen molar-refractivity contribution in [2.75, 3.05) is 6.61 Å². The maximum absolute atomic E-state index is 14.7. The van der Waals surface area contributed by atoms with Crippen LogP contribution in [0.5, 0.6) is 0 Å². The van der Waals surface area contributed by atoms with Crippen molar-refractivity contribution >= 4 is 30.9 Å². The predicted octanol–water partition coefficient (Wildman–Crippen LogP) is 6.86. The normalized spacial score (nSPS) is 18.3. The number of halogens is 5. The average molecular weight is 673 g/mol. The molecule has 1 saturated carbocycles. The van der Waals surface area contributed by atoms with Crippen LogP contribution in [0.3, 0.4) is 0 Å². The number of nitrogens with one attached hydrogen (secondary N) is 2. The van der Waals surface area contributed by atoms with Gasteiger partial charge in [-0.15, -0.1) is 0 Å². The first-order valence-corrected chi connectivity index (χ1v) is 19.0. The molecule has 3 aromatic rings. The molecule has 2 N–H and O–H groups in total. The summed E-state index contributed by atoms with van der Waals surface area (Å²) in [5.74, 6) is -4.67. The minimum Gasteiger partial charge on any atom is -0.361 e. The Hall–Kier alpha value is -3.40. The van der Waals surface area contributed by atoms with Gasteiger partial charge in [-0.3, -0.25) is 9.59 Å². The second-order valence-electron chi connectivity index (χ2n) is 13.3. The quantitative estimate of drug-likeness (QED) is 0.116. The molecule has 16 heteroatoms. The van der Waals surface area contributed by atoms with Crippen LogP contribution in [0.2, 0.25) is 25.7 Å². The highest BCUT2D eigenvalue weighted by molar-refractivity contribution is 6.76. The van der Waals surface area contributed by atoms with Crippen molar-refractivity contribution in [2.45, 2.75) is 109 Å². The molecule has 46 heavy (non-hydrogen) atoms. The lowest BCUT2D eigenvalue weighted by Crippen LogP contribution is -2.40. The first-order chi connectivity index (χ1) is 21.4. The van der Waals surface area contributed by atoms with E-state index in [4.69, 9.17) is 9.72 Å². The number of benzene rings is 1. The third-order valence-corrected chi connectivity index (χ3v) is 9.82. The number of amides is 2. The van der Waals surface area contributed by atoms with Gasteiger partial charge < -0.3 is 19.9 Å². The zero-order valence-electron chi connectivity index (χ0n) is 26.6. The van der Waals surface area contributed by atoms with Gasteiger partial charge in [-0.05, 0) is 61.5 Å². The van der Waals surface area contributed by atoms with Crippen molar-refractivity contribution in [1.82, 2.24) is 30.5 Å². The Morgan fingerprint density at radius 3 is 2.57 bits per heavy atom. The summed E-state index contributed by atoms with van der Waals surface area (Å²) >= 11 is 0. The van der Waals surface area contributed by atoms with Gasteiger partial charge in [0.25, 0.3) is 5.91 Å². The average Bonchev–Trinajstić information content (AvgIpc) is 3.54. The second-order valence-corrected chi connectivity index (χ2v) is 18.9. The minimum absolute atomic E-state index is 0.0411. The fourth-order valence-electron chi connectivity index (χ4n) is 5.53. The van der Waals surface area contributed by atoms with Crippen LogP contribution in [0.25, 0.3) is 11.0 Å². The molecule has 1 aliphatic carbocycles. The lowest BCUT2D eigenvalue weighted by molar-refractivity contribution is -0.144. The van der Waals surface area contributed by atoms with Crippen LogP contribution in [0.1, 0.15) is 85.1 Å². The highest BCUT2D eigenvalue weighted by Gasteiger charge is 2.42. The third-order valence-electron chi connectivity index (χ3n) is 8.11. The molecule has 0 bridgehead atoms. The molecule has 2 amide bonds. The van der Waals surface area contributed by atoms with Gasteiger partial charge in [-0.25, -0.2) is 18.4 Å². The second kappa shape index (κ2) is 14.2. The summed E-state index contributed by atoms with van der Waals surface area (Å²) in [5.41, 5.74) is 1.79. The number of imidazole rings is 1. The van der Waals surface area contributed by atoms with E-state index in [1.54, 1.807) is 36.6 Å². The Balaban J connectivity index is 1.71. The third kappa shape index (κ3) is 9.56. The summed E-state index contributed by atoms with van der Waals surface area (Å²) < 4.78 is 79.8. The van der Waals surface area contributed by atoms with Gasteiger partial charge >= 0.3 is 6.18 Å². The lowest BCUT2D eigenvalue weighted by atomic mass is 9.81. The smallest absolute Gasteiger partial charge is 0.361 e. The highest BCUT2D eigenvalue weighted by atomic mass is 28.3. The molecule has 1 aliphatic rings. The molecule has 10 nitrogen and oxygen atoms in total. The van der Waals surface area contributed by atoms with Crippen LogP contribution in [-0.2, 0) is 16.3 Å². The van der Waals surface area contributed by atoms with Crippen molar-refractivity contribution in [3.05, 3.63) is 41.0 Å². The van der Waals surface area contributed by atoms with Crippen molar-refractivity contribution in [3.8, 4) is 0 Å². The van der Waals surface area contributed by atoms with Crippen LogP contribution in [-0.4, -0.2) is 58.5 Å². The van der Waals surface area contributed by atoms with E-state index in [1.807, 2.05) is 0 Å². The molecule has 0 saturated heterocycles. The van der Waals surface area contributed by atoms with E-state index in [0.29, 0.717) is 35.4 Å². The van der Waals surface area contributed by atoms with Crippen LogP contribution in [0, 0.1) is 12.8 Å². The zero-order chi connectivity index (χ0) is 33.9. The molecule has 3 atom stereocenters. The van der Waals surface area contributed by atoms with Gasteiger partial charge in [0.2, 0.25) is 11.8 Å². The Morgan fingerprint density at radius 2 is 1.93 bits per heavy atom. The largest absolute Gasteiger partial charge is 0.389 e. The number of aromatic nitrogens is 4. The summed E-state index contributed by atoms with van der Waals surface area (Å²) in [7, 11) is -1.43. The molecule has 0 radical (unpaired) electrons. The number of rotatable bonds is 13. The van der Waals surface area contributed by atoms with Crippen LogP contribution in [0.15, 0.2) is 22.8 Å². The summed E-state index contributed by atoms with van der Waals surface area (Å²) in [6.07, 6.45) is -6.40. The number of alkyl halides is 5. The summed E-state index contributed by atoms with van der Waals surface area (Å²) in [6.45, 7) is 10.3. The number of ether oxygens (including phenoxy) is 1. The molecule has 2 aromatic heterocycles. The highest BCUT2D eigenvalue weighted by Crippen LogP contribution is 2.43. The maximum Gasteiger partial charge on any atom is 0.389 e. The molecule has 1 aromatic carbocycles. The summed E-state index contributed by atoms with van der Waals surface area (Å²) in [4.78, 5) is 30.4. The number of carbonyl (C=O) groups excluding carboxylic acids is 2. The van der Waals surface area contributed by atoms with Crippen LogP contribution >= 0.6 is 0 Å². The van der Waals surface area contributed by atoms with E-state index in [9.17, 15) is 31.5 Å². The van der Waals surface area contributed by atoms with Gasteiger partial charge in [-0.1, -0.05) is 30.9 Å². The molecule has 0 unspecified atom stereocenters. The first-order valence-electron chi connectivity index (χ1n) is 15.3. The van der Waals surface area contributed by atoms with Crippen LogP contribution < -0.4 is 10.6 Å². The Kier molecular flexibility index (Phi) is 10.9. The van der Waals surface area contributed by atoms with E-state index in [-0.39, 0.29) is 31.0 Å². The summed E-state index contributed by atoms with van der Waals surface area (Å²) in [5, 5.41) is 12.8. The van der Waals surface area contributed by atoms with Gasteiger partial charge in [0.05, 0.1) is 29.5 Å². The molecule has 0 spiro atoms. The molecular weight excluding hydrogens is 631 g/mol. The first kappa shape index (κ1) is 35.5. The van der Waals surface area contributed by atoms with Gasteiger partial charge in [0.1, 0.15) is 18.2 Å². The van der Waals surface area contributed by atoms with Gasteiger partial charge in [-0.2, -0.15) is 13.2 Å². The van der Waals surface area contributed by atoms with Crippen molar-refractivity contribution < 1.29 is 40.9 Å². The summed E-state index contributed by atoms with van der Waals surface area (Å²) in [6, 6.07) is 4.44.